The fourth-order valence-corrected chi connectivity index (χ4v) is 2.07. The van der Waals surface area contributed by atoms with Crippen LogP contribution in [0.3, 0.4) is 0 Å². The summed E-state index contributed by atoms with van der Waals surface area (Å²) in [6.07, 6.45) is 0.794. The molecule has 1 rings (SSSR count). The molecule has 0 aliphatic heterocycles. The fraction of sp³-hybridized carbons (Fsp3) is 0.462. The zero-order valence-electron chi connectivity index (χ0n) is 11.3. The van der Waals surface area contributed by atoms with E-state index < -0.39 is 9.05 Å². The normalized spacial score (nSPS) is 10.3. The molecule has 6 heteroatoms. The molecule has 0 saturated heterocycles. The molecule has 0 fully saturated rings. The van der Waals surface area contributed by atoms with Gasteiger partial charge in [0.1, 0.15) is 0 Å². The van der Waals surface area contributed by atoms with Crippen molar-refractivity contribution in [3.05, 3.63) is 29.8 Å². The molecule has 0 heterocycles. The lowest BCUT2D eigenvalue weighted by molar-refractivity contribution is -0.143. The summed E-state index contributed by atoms with van der Waals surface area (Å²) in [5.74, 6) is -0.262. The van der Waals surface area contributed by atoms with Crippen LogP contribution in [-0.4, -0.2) is 21.0 Å². The van der Waals surface area contributed by atoms with Crippen molar-refractivity contribution in [1.82, 2.24) is 0 Å². The van der Waals surface area contributed by atoms with E-state index in [1.807, 2.05) is 13.8 Å². The van der Waals surface area contributed by atoms with Crippen molar-refractivity contribution in [2.75, 3.05) is 6.61 Å². The van der Waals surface area contributed by atoms with E-state index in [1.54, 1.807) is 19.1 Å². The van der Waals surface area contributed by atoms with Crippen LogP contribution in [0, 0.1) is 0 Å². The average Bonchev–Trinajstić information content (AvgIpc) is 2.38. The van der Waals surface area contributed by atoms with Gasteiger partial charge in [-0.1, -0.05) is 26.0 Å². The first kappa shape index (κ1) is 17.9. The maximum absolute atomic E-state index is 11.1. The van der Waals surface area contributed by atoms with Crippen LogP contribution < -0.4 is 0 Å². The minimum atomic E-state index is -3.68. The second-order valence-corrected chi connectivity index (χ2v) is 5.95. The summed E-state index contributed by atoms with van der Waals surface area (Å²) in [6.45, 7) is 6.11. The summed E-state index contributed by atoms with van der Waals surface area (Å²) in [6, 6.07) is 6.11. The Labute approximate surface area is 119 Å². The van der Waals surface area contributed by atoms with Gasteiger partial charge < -0.3 is 4.74 Å². The molecule has 0 amide bonds. The Morgan fingerprint density at radius 2 is 1.74 bits per heavy atom. The predicted octanol–water partition coefficient (Wildman–Crippen LogP) is 3.14. The molecule has 0 N–H and O–H groups in total. The lowest BCUT2D eigenvalue weighted by Crippen LogP contribution is -2.05. The standard InChI is InChI=1S/C11H13ClO4S.C2H6/c1-2-16-11(13)8-5-9-3-6-10(7-4-9)17(12,14)15;1-2/h3-4,6-7H,2,5,8H2,1H3;1-2H3. The smallest absolute Gasteiger partial charge is 0.306 e. The summed E-state index contributed by atoms with van der Waals surface area (Å²) in [4.78, 5) is 11.2. The van der Waals surface area contributed by atoms with Gasteiger partial charge >= 0.3 is 5.97 Å². The van der Waals surface area contributed by atoms with Crippen molar-refractivity contribution >= 4 is 25.7 Å². The molecular weight excluding hydrogens is 288 g/mol. The van der Waals surface area contributed by atoms with Gasteiger partial charge in [-0.2, -0.15) is 0 Å². The van der Waals surface area contributed by atoms with Crippen LogP contribution in [0.25, 0.3) is 0 Å². The first-order valence-electron chi connectivity index (χ1n) is 6.12. The SMILES string of the molecule is CC.CCOC(=O)CCc1ccc(S(=O)(=O)Cl)cc1. The summed E-state index contributed by atoms with van der Waals surface area (Å²) in [7, 11) is 1.50. The van der Waals surface area contributed by atoms with E-state index in [4.69, 9.17) is 15.4 Å². The van der Waals surface area contributed by atoms with Crippen molar-refractivity contribution in [3.63, 3.8) is 0 Å². The molecule has 1 aromatic carbocycles. The van der Waals surface area contributed by atoms with Crippen molar-refractivity contribution < 1.29 is 17.9 Å². The second-order valence-electron chi connectivity index (χ2n) is 3.39. The van der Waals surface area contributed by atoms with Crippen molar-refractivity contribution in [1.29, 1.82) is 0 Å². The fourth-order valence-electron chi connectivity index (χ4n) is 1.30. The largest absolute Gasteiger partial charge is 0.466 e. The zero-order chi connectivity index (χ0) is 14.9. The molecular formula is C13H19ClO4S. The van der Waals surface area contributed by atoms with Gasteiger partial charge in [0, 0.05) is 17.1 Å². The quantitative estimate of drug-likeness (QED) is 0.619. The molecule has 0 radical (unpaired) electrons. The maximum atomic E-state index is 11.1. The third-order valence-corrected chi connectivity index (χ3v) is 3.50. The van der Waals surface area contributed by atoms with Gasteiger partial charge in [-0.25, -0.2) is 8.42 Å². The summed E-state index contributed by atoms with van der Waals surface area (Å²) >= 11 is 0. The molecule has 4 nitrogen and oxygen atoms in total. The van der Waals surface area contributed by atoms with Crippen LogP contribution in [0.1, 0.15) is 32.8 Å². The predicted molar refractivity (Wildman–Crippen MR) is 75.8 cm³/mol. The van der Waals surface area contributed by atoms with E-state index in [0.717, 1.165) is 5.56 Å². The Morgan fingerprint density at radius 3 is 2.16 bits per heavy atom. The highest BCUT2D eigenvalue weighted by Crippen LogP contribution is 2.16. The van der Waals surface area contributed by atoms with Crippen LogP contribution in [-0.2, 0) is 25.0 Å². The van der Waals surface area contributed by atoms with Gasteiger partial charge in [-0.15, -0.1) is 0 Å². The number of benzene rings is 1. The summed E-state index contributed by atoms with van der Waals surface area (Å²) in [5, 5.41) is 0. The van der Waals surface area contributed by atoms with E-state index in [1.165, 1.54) is 12.1 Å². The molecule has 108 valence electrons. The van der Waals surface area contributed by atoms with E-state index in [2.05, 4.69) is 0 Å². The maximum Gasteiger partial charge on any atom is 0.306 e. The van der Waals surface area contributed by atoms with Gasteiger partial charge in [-0.05, 0) is 31.0 Å². The Hall–Kier alpha value is -1.07. The third kappa shape index (κ3) is 7.18. The number of halogens is 1. The molecule has 19 heavy (non-hydrogen) atoms. The molecule has 0 saturated carbocycles. The van der Waals surface area contributed by atoms with Gasteiger partial charge in [0.2, 0.25) is 0 Å². The van der Waals surface area contributed by atoms with Gasteiger partial charge in [0.25, 0.3) is 9.05 Å². The summed E-state index contributed by atoms with van der Waals surface area (Å²) in [5.41, 5.74) is 0.863. The molecule has 0 aliphatic rings. The van der Waals surface area contributed by atoms with Gasteiger partial charge in [0.15, 0.2) is 0 Å². The first-order chi connectivity index (χ1) is 8.93. The molecule has 0 spiro atoms. The van der Waals surface area contributed by atoms with Crippen molar-refractivity contribution in [2.24, 2.45) is 0 Å². The van der Waals surface area contributed by atoms with E-state index in [9.17, 15) is 13.2 Å². The van der Waals surface area contributed by atoms with Crippen LogP contribution in [0.4, 0.5) is 0 Å². The molecule has 0 aromatic heterocycles. The minimum absolute atomic E-state index is 0.0547. The highest BCUT2D eigenvalue weighted by molar-refractivity contribution is 8.13. The Balaban J connectivity index is 0.00000154. The van der Waals surface area contributed by atoms with Crippen LogP contribution >= 0.6 is 10.7 Å². The van der Waals surface area contributed by atoms with Gasteiger partial charge in [-0.3, -0.25) is 4.79 Å². The highest BCUT2D eigenvalue weighted by Gasteiger charge is 2.09. The number of esters is 1. The lowest BCUT2D eigenvalue weighted by atomic mass is 10.1. The first-order valence-corrected chi connectivity index (χ1v) is 8.43. The van der Waals surface area contributed by atoms with Crippen molar-refractivity contribution in [2.45, 2.75) is 38.5 Å². The van der Waals surface area contributed by atoms with Crippen LogP contribution in [0.15, 0.2) is 29.2 Å². The van der Waals surface area contributed by atoms with Crippen LogP contribution in [0.5, 0.6) is 0 Å². The van der Waals surface area contributed by atoms with Crippen LogP contribution in [0.2, 0.25) is 0 Å². The third-order valence-electron chi connectivity index (χ3n) is 2.13. The Morgan fingerprint density at radius 1 is 1.21 bits per heavy atom. The zero-order valence-corrected chi connectivity index (χ0v) is 12.9. The monoisotopic (exact) mass is 306 g/mol. The van der Waals surface area contributed by atoms with E-state index in [-0.39, 0.29) is 17.3 Å². The number of hydrogen-bond donors (Lipinski definition) is 0. The topological polar surface area (TPSA) is 60.4 Å². The number of hydrogen-bond acceptors (Lipinski definition) is 4. The number of carbonyl (C=O) groups excluding carboxylic acids is 1. The minimum Gasteiger partial charge on any atom is -0.466 e. The molecule has 0 aliphatic carbocycles. The van der Waals surface area contributed by atoms with E-state index >= 15 is 0 Å². The summed E-state index contributed by atoms with van der Waals surface area (Å²) < 4.78 is 26.8. The van der Waals surface area contributed by atoms with Gasteiger partial charge in [0.05, 0.1) is 11.5 Å². The number of ether oxygens (including phenoxy) is 1. The molecule has 0 atom stereocenters. The highest BCUT2D eigenvalue weighted by atomic mass is 35.7. The molecule has 0 unspecified atom stereocenters. The number of aryl methyl sites for hydroxylation is 1. The molecule has 1 aromatic rings. The number of carbonyl (C=O) groups is 1. The van der Waals surface area contributed by atoms with E-state index in [0.29, 0.717) is 13.0 Å². The lowest BCUT2D eigenvalue weighted by Gasteiger charge is -2.03. The Kier molecular flexibility index (Phi) is 8.43. The number of rotatable bonds is 5. The second kappa shape index (κ2) is 8.93. The van der Waals surface area contributed by atoms with Crippen molar-refractivity contribution in [3.8, 4) is 0 Å². The molecule has 0 bridgehead atoms. The Bertz CT molecular complexity index is 480. The average molecular weight is 307 g/mol.